The Kier molecular flexibility index (Phi) is 6.85. The Morgan fingerprint density at radius 2 is 1.85 bits per heavy atom. The Morgan fingerprint density at radius 3 is 2.62 bits per heavy atom. The molecule has 8 heteroatoms. The zero-order valence-corrected chi connectivity index (χ0v) is 20.6. The van der Waals surface area contributed by atoms with Crippen molar-refractivity contribution in [1.82, 2.24) is 14.5 Å². The number of rotatable bonds is 8. The van der Waals surface area contributed by atoms with E-state index in [4.69, 9.17) is 21.1 Å². The maximum Gasteiger partial charge on any atom is 0.275 e. The second-order valence-corrected chi connectivity index (χ2v) is 9.83. The van der Waals surface area contributed by atoms with E-state index in [0.717, 1.165) is 23.4 Å². The summed E-state index contributed by atoms with van der Waals surface area (Å²) in [5, 5.41) is 0.679. The van der Waals surface area contributed by atoms with Crippen molar-refractivity contribution in [2.24, 2.45) is 0 Å². The standard InChI is InChI=1S/C26H26ClN3O3S/c1-32-23-15-20(9-10-22(23)33-14-4-13-29-11-2-3-12-29)30-17-28-21-16-24(34-25(21)26(30)31)18-5-7-19(27)8-6-18/h5-10,15-17H,2-4,11-14H2,1H3. The van der Waals surface area contributed by atoms with Crippen LogP contribution < -0.4 is 15.0 Å². The summed E-state index contributed by atoms with van der Waals surface area (Å²) in [6, 6.07) is 15.0. The molecule has 2 aromatic heterocycles. The minimum Gasteiger partial charge on any atom is -0.493 e. The predicted octanol–water partition coefficient (Wildman–Crippen LogP) is 5.64. The minimum atomic E-state index is -0.114. The van der Waals surface area contributed by atoms with Gasteiger partial charge < -0.3 is 14.4 Å². The second-order valence-electron chi connectivity index (χ2n) is 8.34. The summed E-state index contributed by atoms with van der Waals surface area (Å²) in [7, 11) is 1.61. The van der Waals surface area contributed by atoms with Crippen molar-refractivity contribution >= 4 is 33.2 Å². The Bertz CT molecular complexity index is 1340. The molecule has 1 saturated heterocycles. The van der Waals surface area contributed by atoms with E-state index in [1.54, 1.807) is 18.0 Å². The van der Waals surface area contributed by atoms with E-state index < -0.39 is 0 Å². The van der Waals surface area contributed by atoms with Crippen LogP contribution in [-0.2, 0) is 0 Å². The SMILES string of the molecule is COc1cc(-n2cnc3cc(-c4ccc(Cl)cc4)sc3c2=O)ccc1OCCCN1CCCC1. The Morgan fingerprint density at radius 1 is 1.06 bits per heavy atom. The van der Waals surface area contributed by atoms with Crippen LogP contribution in [0.15, 0.2) is 59.7 Å². The van der Waals surface area contributed by atoms with E-state index in [2.05, 4.69) is 9.88 Å². The van der Waals surface area contributed by atoms with Crippen molar-refractivity contribution in [1.29, 1.82) is 0 Å². The van der Waals surface area contributed by atoms with Crippen LogP contribution in [-0.4, -0.2) is 47.8 Å². The molecule has 0 amide bonds. The number of hydrogen-bond acceptors (Lipinski definition) is 6. The summed E-state index contributed by atoms with van der Waals surface area (Å²) in [4.78, 5) is 21.3. The third kappa shape index (κ3) is 4.82. The van der Waals surface area contributed by atoms with Crippen LogP contribution in [0.1, 0.15) is 19.3 Å². The van der Waals surface area contributed by atoms with Crippen LogP contribution in [0.5, 0.6) is 11.5 Å². The first-order chi connectivity index (χ1) is 16.6. The molecule has 0 unspecified atom stereocenters. The molecule has 6 nitrogen and oxygen atoms in total. The molecule has 1 aliphatic heterocycles. The fourth-order valence-corrected chi connectivity index (χ4v) is 5.43. The van der Waals surface area contributed by atoms with Gasteiger partial charge in [-0.15, -0.1) is 11.3 Å². The van der Waals surface area contributed by atoms with Crippen molar-refractivity contribution in [3.05, 3.63) is 70.2 Å². The molecule has 0 spiro atoms. The molecule has 4 aromatic rings. The summed E-state index contributed by atoms with van der Waals surface area (Å²) < 4.78 is 13.7. The minimum absolute atomic E-state index is 0.114. The molecule has 1 fully saturated rings. The van der Waals surface area contributed by atoms with Gasteiger partial charge >= 0.3 is 0 Å². The Hall–Kier alpha value is -2.87. The van der Waals surface area contributed by atoms with Gasteiger partial charge in [0.1, 0.15) is 11.0 Å². The predicted molar refractivity (Wildman–Crippen MR) is 138 cm³/mol. The molecule has 0 aliphatic carbocycles. The summed E-state index contributed by atoms with van der Waals surface area (Å²) in [5.41, 5.74) is 2.26. The van der Waals surface area contributed by atoms with Gasteiger partial charge in [-0.3, -0.25) is 9.36 Å². The van der Waals surface area contributed by atoms with Crippen LogP contribution >= 0.6 is 22.9 Å². The highest BCUT2D eigenvalue weighted by atomic mass is 35.5. The normalized spacial score (nSPS) is 14.1. The highest BCUT2D eigenvalue weighted by Crippen LogP contribution is 2.33. The van der Waals surface area contributed by atoms with E-state index in [9.17, 15) is 4.79 Å². The van der Waals surface area contributed by atoms with Crippen LogP contribution in [0.25, 0.3) is 26.3 Å². The summed E-state index contributed by atoms with van der Waals surface area (Å²) in [6.45, 7) is 4.07. The number of halogens is 1. The molecule has 0 bridgehead atoms. The molecule has 0 radical (unpaired) electrons. The van der Waals surface area contributed by atoms with Crippen molar-refractivity contribution in [2.45, 2.75) is 19.3 Å². The number of methoxy groups -OCH3 is 1. The van der Waals surface area contributed by atoms with Crippen molar-refractivity contribution < 1.29 is 9.47 Å². The highest BCUT2D eigenvalue weighted by Gasteiger charge is 2.14. The van der Waals surface area contributed by atoms with Gasteiger partial charge in [0.25, 0.3) is 5.56 Å². The zero-order valence-electron chi connectivity index (χ0n) is 19.0. The lowest BCUT2D eigenvalue weighted by atomic mass is 10.2. The monoisotopic (exact) mass is 495 g/mol. The van der Waals surface area contributed by atoms with Gasteiger partial charge in [-0.05, 0) is 68.2 Å². The lowest BCUT2D eigenvalue weighted by Gasteiger charge is -2.16. The Balaban J connectivity index is 1.36. The molecular weight excluding hydrogens is 470 g/mol. The maximum absolute atomic E-state index is 13.3. The molecule has 176 valence electrons. The number of benzene rings is 2. The van der Waals surface area contributed by atoms with Crippen LogP contribution in [0, 0.1) is 0 Å². The fourth-order valence-electron chi connectivity index (χ4n) is 4.25. The van der Waals surface area contributed by atoms with Gasteiger partial charge in [0.15, 0.2) is 11.5 Å². The van der Waals surface area contributed by atoms with Crippen molar-refractivity contribution in [2.75, 3.05) is 33.4 Å². The van der Waals surface area contributed by atoms with Crippen LogP contribution in [0.3, 0.4) is 0 Å². The van der Waals surface area contributed by atoms with Crippen molar-refractivity contribution in [3.8, 4) is 27.6 Å². The molecule has 0 N–H and O–H groups in total. The molecule has 0 atom stereocenters. The van der Waals surface area contributed by atoms with Gasteiger partial charge in [0.2, 0.25) is 0 Å². The van der Waals surface area contributed by atoms with Crippen molar-refractivity contribution in [3.63, 3.8) is 0 Å². The number of likely N-dealkylation sites (tertiary alicyclic amines) is 1. The molecule has 0 saturated carbocycles. The average Bonchev–Trinajstić information content (AvgIpc) is 3.53. The fraction of sp³-hybridized carbons (Fsp3) is 0.308. The topological polar surface area (TPSA) is 56.6 Å². The summed E-state index contributed by atoms with van der Waals surface area (Å²) >= 11 is 7.44. The highest BCUT2D eigenvalue weighted by molar-refractivity contribution is 7.22. The summed E-state index contributed by atoms with van der Waals surface area (Å²) in [5.74, 6) is 1.27. The lowest BCUT2D eigenvalue weighted by molar-refractivity contribution is 0.254. The maximum atomic E-state index is 13.3. The zero-order chi connectivity index (χ0) is 23.5. The number of thiophene rings is 1. The Labute approximate surface area is 207 Å². The first-order valence-corrected chi connectivity index (χ1v) is 12.6. The molecule has 5 rings (SSSR count). The first kappa shape index (κ1) is 22.9. The number of hydrogen-bond donors (Lipinski definition) is 0. The van der Waals surface area contributed by atoms with Gasteiger partial charge in [-0.25, -0.2) is 4.98 Å². The van der Waals surface area contributed by atoms with E-state index >= 15 is 0 Å². The van der Waals surface area contributed by atoms with Gasteiger partial charge in [0.05, 0.1) is 24.9 Å². The molecule has 34 heavy (non-hydrogen) atoms. The molecule has 1 aliphatic rings. The number of nitrogens with zero attached hydrogens (tertiary/aromatic N) is 3. The van der Waals surface area contributed by atoms with Crippen LogP contribution in [0.4, 0.5) is 0 Å². The summed E-state index contributed by atoms with van der Waals surface area (Å²) in [6.07, 6.45) is 5.13. The van der Waals surface area contributed by atoms with Gasteiger partial charge in [0, 0.05) is 22.5 Å². The van der Waals surface area contributed by atoms with Gasteiger partial charge in [-0.2, -0.15) is 0 Å². The largest absolute Gasteiger partial charge is 0.493 e. The van der Waals surface area contributed by atoms with Crippen LogP contribution in [0.2, 0.25) is 5.02 Å². The smallest absolute Gasteiger partial charge is 0.275 e. The number of fused-ring (bicyclic) bond motifs is 1. The number of ether oxygens (including phenoxy) is 2. The lowest BCUT2D eigenvalue weighted by Crippen LogP contribution is -2.22. The second kappa shape index (κ2) is 10.2. The van der Waals surface area contributed by atoms with E-state index in [1.165, 1.54) is 37.3 Å². The third-order valence-electron chi connectivity index (χ3n) is 6.07. The van der Waals surface area contributed by atoms with Gasteiger partial charge in [-0.1, -0.05) is 23.7 Å². The van der Waals surface area contributed by atoms with E-state index in [-0.39, 0.29) is 5.56 Å². The number of aromatic nitrogens is 2. The average molecular weight is 496 g/mol. The molecule has 3 heterocycles. The quantitative estimate of drug-likeness (QED) is 0.296. The third-order valence-corrected chi connectivity index (χ3v) is 7.48. The first-order valence-electron chi connectivity index (χ1n) is 11.4. The molecule has 2 aromatic carbocycles. The van der Waals surface area contributed by atoms with E-state index in [0.29, 0.717) is 39.0 Å². The molecular formula is C26H26ClN3O3S. The van der Waals surface area contributed by atoms with E-state index in [1.807, 2.05) is 48.5 Å².